The van der Waals surface area contributed by atoms with Gasteiger partial charge in [-0.15, -0.1) is 0 Å². The second-order valence-corrected chi connectivity index (χ2v) is 9.14. The zero-order valence-corrected chi connectivity index (χ0v) is 21.2. The molecule has 2 heterocycles. The molecular weight excluding hydrogens is 440 g/mol. The third kappa shape index (κ3) is 5.17. The Kier molecular flexibility index (Phi) is 8.02. The fraction of sp³-hybridized carbons (Fsp3) is 0.542. The largest absolute Gasteiger partial charge is 0.354 e. The zero-order chi connectivity index (χ0) is 24.3. The van der Waals surface area contributed by atoms with Crippen LogP contribution in [0.4, 0.5) is 5.95 Å². The minimum atomic E-state index is -0.394. The molecule has 0 amide bonds. The number of rotatable bonds is 10. The number of benzene rings is 1. The molecule has 3 aromatic rings. The van der Waals surface area contributed by atoms with Gasteiger partial charge in [-0.05, 0) is 44.4 Å². The molecule has 0 fully saturated rings. The lowest BCUT2D eigenvalue weighted by Crippen LogP contribution is -2.42. The number of nitrogens with one attached hydrogen (secondary N) is 1. The number of aromatic nitrogens is 4. The van der Waals surface area contributed by atoms with Gasteiger partial charge in [0.2, 0.25) is 5.95 Å². The van der Waals surface area contributed by atoms with Crippen molar-refractivity contribution in [2.24, 2.45) is 14.1 Å². The van der Waals surface area contributed by atoms with Crippen LogP contribution in [0.2, 0.25) is 5.02 Å². The van der Waals surface area contributed by atoms with Crippen LogP contribution in [-0.4, -0.2) is 48.8 Å². The number of aryl methyl sites for hydroxylation is 1. The van der Waals surface area contributed by atoms with Crippen molar-refractivity contribution in [1.29, 1.82) is 0 Å². The van der Waals surface area contributed by atoms with Crippen molar-refractivity contribution < 1.29 is 0 Å². The van der Waals surface area contributed by atoms with Crippen molar-refractivity contribution in [3.63, 3.8) is 0 Å². The highest BCUT2D eigenvalue weighted by Crippen LogP contribution is 2.19. The summed E-state index contributed by atoms with van der Waals surface area (Å²) in [5.41, 5.74) is 1.01. The Balaban J connectivity index is 2.00. The summed E-state index contributed by atoms with van der Waals surface area (Å²) in [5.74, 6) is 0.575. The minimum absolute atomic E-state index is 0.358. The molecule has 0 radical (unpaired) electrons. The van der Waals surface area contributed by atoms with Crippen LogP contribution in [0.5, 0.6) is 0 Å². The summed E-state index contributed by atoms with van der Waals surface area (Å²) >= 11 is 6.05. The van der Waals surface area contributed by atoms with Gasteiger partial charge in [0.25, 0.3) is 5.56 Å². The monoisotopic (exact) mass is 474 g/mol. The molecule has 2 unspecified atom stereocenters. The smallest absolute Gasteiger partial charge is 0.332 e. The molecule has 0 saturated heterocycles. The molecule has 2 atom stereocenters. The van der Waals surface area contributed by atoms with Gasteiger partial charge in [0.1, 0.15) is 0 Å². The van der Waals surface area contributed by atoms with E-state index in [-0.39, 0.29) is 5.56 Å². The van der Waals surface area contributed by atoms with Crippen LogP contribution >= 0.6 is 11.6 Å². The Hall–Kier alpha value is -2.58. The Morgan fingerprint density at radius 2 is 1.64 bits per heavy atom. The van der Waals surface area contributed by atoms with E-state index in [2.05, 4.69) is 42.9 Å². The summed E-state index contributed by atoms with van der Waals surface area (Å²) < 4.78 is 4.40. The molecule has 8 nitrogen and oxygen atoms in total. The first-order chi connectivity index (χ1) is 15.7. The third-order valence-electron chi connectivity index (χ3n) is 6.57. The van der Waals surface area contributed by atoms with Gasteiger partial charge in [-0.1, -0.05) is 37.6 Å². The maximum Gasteiger partial charge on any atom is 0.332 e. The Bertz CT molecular complexity index is 1200. The quantitative estimate of drug-likeness (QED) is 0.487. The van der Waals surface area contributed by atoms with E-state index in [1.165, 1.54) is 11.6 Å². The Morgan fingerprint density at radius 3 is 2.21 bits per heavy atom. The SMILES string of the molecule is CCC(C)N(CCNc1nc2c(c(=O)n(C)c(=O)n2C)n1Cc1ccc(Cl)cc1)C(C)CC. The number of halogens is 1. The minimum Gasteiger partial charge on any atom is -0.354 e. The van der Waals surface area contributed by atoms with Gasteiger partial charge < -0.3 is 5.32 Å². The maximum atomic E-state index is 13.0. The molecule has 1 N–H and O–H groups in total. The van der Waals surface area contributed by atoms with Crippen LogP contribution in [0, 0.1) is 0 Å². The van der Waals surface area contributed by atoms with Crippen molar-refractivity contribution in [3.05, 3.63) is 55.7 Å². The van der Waals surface area contributed by atoms with Gasteiger partial charge in [0, 0.05) is 44.3 Å². The standard InChI is InChI=1S/C24H35ClN6O2/c1-7-16(3)30(17(4)8-2)14-13-26-23-27-21-20(22(32)29(6)24(33)28(21)5)31(23)15-18-9-11-19(25)12-10-18/h9-12,16-17H,7-8,13-15H2,1-6H3,(H,26,27). The molecule has 3 rings (SSSR count). The Labute approximate surface area is 199 Å². The number of imidazole rings is 1. The lowest BCUT2D eigenvalue weighted by molar-refractivity contribution is 0.152. The molecule has 9 heteroatoms. The lowest BCUT2D eigenvalue weighted by atomic mass is 10.1. The summed E-state index contributed by atoms with van der Waals surface area (Å²) in [6, 6.07) is 8.46. The average molecular weight is 475 g/mol. The molecule has 0 saturated carbocycles. The molecule has 33 heavy (non-hydrogen) atoms. The van der Waals surface area contributed by atoms with Gasteiger partial charge in [0.15, 0.2) is 11.2 Å². The summed E-state index contributed by atoms with van der Waals surface area (Å²) in [7, 11) is 3.13. The van der Waals surface area contributed by atoms with E-state index in [4.69, 9.17) is 11.6 Å². The van der Waals surface area contributed by atoms with Gasteiger partial charge in [-0.3, -0.25) is 23.4 Å². The van der Waals surface area contributed by atoms with E-state index in [9.17, 15) is 9.59 Å². The summed E-state index contributed by atoms with van der Waals surface area (Å²) in [6.45, 7) is 10.9. The average Bonchev–Trinajstić information content (AvgIpc) is 3.17. The fourth-order valence-corrected chi connectivity index (χ4v) is 4.27. The predicted octanol–water partition coefficient (Wildman–Crippen LogP) is 3.45. The topological polar surface area (TPSA) is 77.1 Å². The fourth-order valence-electron chi connectivity index (χ4n) is 4.15. The first-order valence-electron chi connectivity index (χ1n) is 11.6. The number of fused-ring (bicyclic) bond motifs is 1. The van der Waals surface area contributed by atoms with Crippen molar-refractivity contribution in [3.8, 4) is 0 Å². The second-order valence-electron chi connectivity index (χ2n) is 8.71. The summed E-state index contributed by atoms with van der Waals surface area (Å²) in [6.07, 6.45) is 2.16. The van der Waals surface area contributed by atoms with E-state index >= 15 is 0 Å². The van der Waals surface area contributed by atoms with Gasteiger partial charge in [-0.2, -0.15) is 4.98 Å². The molecule has 2 aromatic heterocycles. The predicted molar refractivity (Wildman–Crippen MR) is 135 cm³/mol. The molecule has 1 aromatic carbocycles. The van der Waals surface area contributed by atoms with Crippen LogP contribution in [0.1, 0.15) is 46.1 Å². The summed E-state index contributed by atoms with van der Waals surface area (Å²) in [5, 5.41) is 4.09. The van der Waals surface area contributed by atoms with Gasteiger partial charge >= 0.3 is 5.69 Å². The van der Waals surface area contributed by atoms with Crippen LogP contribution in [-0.2, 0) is 20.6 Å². The van der Waals surface area contributed by atoms with Gasteiger partial charge in [0.05, 0.1) is 6.54 Å². The highest BCUT2D eigenvalue weighted by Gasteiger charge is 2.21. The first-order valence-corrected chi connectivity index (χ1v) is 12.0. The van der Waals surface area contributed by atoms with E-state index in [1.807, 2.05) is 28.8 Å². The molecule has 0 aliphatic heterocycles. The normalized spacial score (nSPS) is 13.6. The Morgan fingerprint density at radius 1 is 1.03 bits per heavy atom. The highest BCUT2D eigenvalue weighted by atomic mass is 35.5. The van der Waals surface area contributed by atoms with E-state index < -0.39 is 5.69 Å². The highest BCUT2D eigenvalue weighted by molar-refractivity contribution is 6.30. The number of nitrogens with zero attached hydrogens (tertiary/aromatic N) is 5. The van der Waals surface area contributed by atoms with Gasteiger partial charge in [-0.25, -0.2) is 4.79 Å². The molecular formula is C24H35ClN6O2. The third-order valence-corrected chi connectivity index (χ3v) is 6.82. The molecule has 0 aliphatic carbocycles. The molecule has 0 spiro atoms. The van der Waals surface area contributed by atoms with Crippen LogP contribution in [0.25, 0.3) is 11.2 Å². The number of hydrogen-bond acceptors (Lipinski definition) is 5. The van der Waals surface area contributed by atoms with Crippen LogP contribution in [0.15, 0.2) is 33.9 Å². The van der Waals surface area contributed by atoms with Crippen molar-refractivity contribution in [2.45, 2.75) is 59.2 Å². The van der Waals surface area contributed by atoms with E-state index in [0.29, 0.717) is 47.3 Å². The van der Waals surface area contributed by atoms with Crippen LogP contribution in [0.3, 0.4) is 0 Å². The number of anilines is 1. The second kappa shape index (κ2) is 10.6. The van der Waals surface area contributed by atoms with Crippen LogP contribution < -0.4 is 16.6 Å². The zero-order valence-electron chi connectivity index (χ0n) is 20.4. The lowest BCUT2D eigenvalue weighted by Gasteiger charge is -2.33. The first kappa shape index (κ1) is 25.1. The summed E-state index contributed by atoms with van der Waals surface area (Å²) in [4.78, 5) is 32.7. The van der Waals surface area contributed by atoms with E-state index in [1.54, 1.807) is 7.05 Å². The molecule has 180 valence electrons. The maximum absolute atomic E-state index is 13.0. The number of hydrogen-bond donors (Lipinski definition) is 1. The molecule has 0 aliphatic rings. The van der Waals surface area contributed by atoms with Crippen molar-refractivity contribution >= 4 is 28.7 Å². The van der Waals surface area contributed by atoms with E-state index in [0.717, 1.165) is 29.5 Å². The van der Waals surface area contributed by atoms with Crippen molar-refractivity contribution in [2.75, 3.05) is 18.4 Å². The molecule has 0 bridgehead atoms. The van der Waals surface area contributed by atoms with Crippen molar-refractivity contribution in [1.82, 2.24) is 23.6 Å².